The van der Waals surface area contributed by atoms with Crippen molar-refractivity contribution in [3.8, 4) is 11.5 Å². The highest BCUT2D eigenvalue weighted by molar-refractivity contribution is 5.29. The lowest BCUT2D eigenvalue weighted by Crippen LogP contribution is -2.32. The Morgan fingerprint density at radius 3 is 2.24 bits per heavy atom. The Hall–Kier alpha value is -2.04. The van der Waals surface area contributed by atoms with Crippen LogP contribution in [0.5, 0.6) is 11.5 Å². The monoisotopic (exact) mass is 286 g/mol. The second kappa shape index (κ2) is 8.29. The molecule has 21 heavy (non-hydrogen) atoms. The fourth-order valence-electron chi connectivity index (χ4n) is 1.95. The molecule has 3 N–H and O–H groups in total. The van der Waals surface area contributed by atoms with Crippen LogP contribution < -0.4 is 20.7 Å². The average Bonchev–Trinajstić information content (AvgIpc) is 2.55. The fraction of sp³-hybridized carbons (Fsp3) is 0.294. The van der Waals surface area contributed by atoms with Gasteiger partial charge in [-0.1, -0.05) is 37.3 Å². The molecule has 1 unspecified atom stereocenters. The minimum absolute atomic E-state index is 0.0644. The number of hydrogen-bond acceptors (Lipinski definition) is 4. The zero-order valence-electron chi connectivity index (χ0n) is 12.3. The van der Waals surface area contributed by atoms with E-state index in [2.05, 4.69) is 12.3 Å². The summed E-state index contributed by atoms with van der Waals surface area (Å²) in [6.45, 7) is 3.29. The van der Waals surface area contributed by atoms with Crippen LogP contribution in [0.15, 0.2) is 54.6 Å². The Balaban J connectivity index is 1.94. The molecule has 1 atom stereocenters. The average molecular weight is 286 g/mol. The van der Waals surface area contributed by atoms with E-state index in [1.54, 1.807) is 0 Å². The third-order valence-corrected chi connectivity index (χ3v) is 3.12. The van der Waals surface area contributed by atoms with Gasteiger partial charge in [-0.2, -0.15) is 0 Å². The van der Waals surface area contributed by atoms with Crippen LogP contribution in [0.4, 0.5) is 0 Å². The SMILES string of the molecule is CCCOc1ccc(C(COc2ccccc2)NN)cc1. The highest BCUT2D eigenvalue weighted by Crippen LogP contribution is 2.19. The van der Waals surface area contributed by atoms with E-state index in [1.165, 1.54) is 0 Å². The largest absolute Gasteiger partial charge is 0.494 e. The fourth-order valence-corrected chi connectivity index (χ4v) is 1.95. The Labute approximate surface area is 125 Å². The summed E-state index contributed by atoms with van der Waals surface area (Å²) >= 11 is 0. The Kier molecular flexibility index (Phi) is 6.06. The second-order valence-corrected chi connectivity index (χ2v) is 4.76. The molecule has 0 bridgehead atoms. The second-order valence-electron chi connectivity index (χ2n) is 4.76. The Morgan fingerprint density at radius 1 is 0.952 bits per heavy atom. The number of nitrogens with two attached hydrogens (primary N) is 1. The van der Waals surface area contributed by atoms with E-state index in [0.717, 1.165) is 30.1 Å². The summed E-state index contributed by atoms with van der Waals surface area (Å²) < 4.78 is 11.3. The van der Waals surface area contributed by atoms with Crippen LogP contribution in [-0.2, 0) is 0 Å². The van der Waals surface area contributed by atoms with Crippen molar-refractivity contribution in [1.29, 1.82) is 0 Å². The van der Waals surface area contributed by atoms with Gasteiger partial charge in [0, 0.05) is 0 Å². The van der Waals surface area contributed by atoms with Gasteiger partial charge in [0.15, 0.2) is 0 Å². The van der Waals surface area contributed by atoms with Gasteiger partial charge in [0.25, 0.3) is 0 Å². The van der Waals surface area contributed by atoms with E-state index in [1.807, 2.05) is 54.6 Å². The molecule has 0 radical (unpaired) electrons. The zero-order chi connectivity index (χ0) is 14.9. The molecule has 0 saturated heterocycles. The minimum Gasteiger partial charge on any atom is -0.494 e. The molecule has 0 aliphatic carbocycles. The van der Waals surface area contributed by atoms with Gasteiger partial charge in [-0.25, -0.2) is 5.43 Å². The van der Waals surface area contributed by atoms with Crippen molar-refractivity contribution in [1.82, 2.24) is 5.43 Å². The quantitative estimate of drug-likeness (QED) is 0.578. The first-order valence-electron chi connectivity index (χ1n) is 7.20. The van der Waals surface area contributed by atoms with Crippen molar-refractivity contribution < 1.29 is 9.47 Å². The lowest BCUT2D eigenvalue weighted by molar-refractivity contribution is 0.267. The maximum Gasteiger partial charge on any atom is 0.119 e. The highest BCUT2D eigenvalue weighted by atomic mass is 16.5. The highest BCUT2D eigenvalue weighted by Gasteiger charge is 2.10. The van der Waals surface area contributed by atoms with E-state index >= 15 is 0 Å². The van der Waals surface area contributed by atoms with E-state index in [4.69, 9.17) is 15.3 Å². The van der Waals surface area contributed by atoms with Gasteiger partial charge < -0.3 is 9.47 Å². The molecule has 4 heteroatoms. The zero-order valence-corrected chi connectivity index (χ0v) is 12.3. The van der Waals surface area contributed by atoms with Crippen LogP contribution in [0.3, 0.4) is 0 Å². The van der Waals surface area contributed by atoms with Gasteiger partial charge in [0.05, 0.1) is 12.6 Å². The lowest BCUT2D eigenvalue weighted by atomic mass is 10.1. The summed E-state index contributed by atoms with van der Waals surface area (Å²) in [5, 5.41) is 0. The predicted molar refractivity (Wildman–Crippen MR) is 84.2 cm³/mol. The summed E-state index contributed by atoms with van der Waals surface area (Å²) in [6, 6.07) is 17.6. The van der Waals surface area contributed by atoms with Gasteiger partial charge in [-0.15, -0.1) is 0 Å². The normalized spacial score (nSPS) is 11.9. The van der Waals surface area contributed by atoms with Gasteiger partial charge in [-0.05, 0) is 36.2 Å². The van der Waals surface area contributed by atoms with Crippen molar-refractivity contribution in [2.45, 2.75) is 19.4 Å². The van der Waals surface area contributed by atoms with Crippen molar-refractivity contribution in [2.75, 3.05) is 13.2 Å². The number of hydrazine groups is 1. The van der Waals surface area contributed by atoms with Crippen molar-refractivity contribution in [3.63, 3.8) is 0 Å². The first-order chi connectivity index (χ1) is 10.3. The number of ether oxygens (including phenoxy) is 2. The molecule has 0 heterocycles. The molecular weight excluding hydrogens is 264 g/mol. The minimum atomic E-state index is -0.0644. The van der Waals surface area contributed by atoms with Crippen molar-refractivity contribution >= 4 is 0 Å². The third kappa shape index (κ3) is 4.77. The van der Waals surface area contributed by atoms with Crippen LogP contribution in [0.2, 0.25) is 0 Å². The topological polar surface area (TPSA) is 56.5 Å². The standard InChI is InChI=1S/C17H22N2O2/c1-2-12-20-16-10-8-14(9-11-16)17(19-18)13-21-15-6-4-3-5-7-15/h3-11,17,19H,2,12-13,18H2,1H3. The molecule has 2 aromatic carbocycles. The van der Waals surface area contributed by atoms with Crippen LogP contribution in [-0.4, -0.2) is 13.2 Å². The molecule has 0 aromatic heterocycles. The van der Waals surface area contributed by atoms with E-state index in [0.29, 0.717) is 6.61 Å². The Bertz CT molecular complexity index is 514. The van der Waals surface area contributed by atoms with Gasteiger partial charge in [0.1, 0.15) is 18.1 Å². The summed E-state index contributed by atoms with van der Waals surface area (Å²) in [4.78, 5) is 0. The van der Waals surface area contributed by atoms with Crippen LogP contribution >= 0.6 is 0 Å². The number of para-hydroxylation sites is 1. The molecule has 2 aromatic rings. The van der Waals surface area contributed by atoms with Gasteiger partial charge >= 0.3 is 0 Å². The van der Waals surface area contributed by atoms with E-state index < -0.39 is 0 Å². The molecule has 0 amide bonds. The van der Waals surface area contributed by atoms with Gasteiger partial charge in [0.2, 0.25) is 0 Å². The van der Waals surface area contributed by atoms with Crippen LogP contribution in [0.25, 0.3) is 0 Å². The van der Waals surface area contributed by atoms with E-state index in [9.17, 15) is 0 Å². The lowest BCUT2D eigenvalue weighted by Gasteiger charge is -2.17. The number of nitrogens with one attached hydrogen (secondary N) is 1. The van der Waals surface area contributed by atoms with Crippen LogP contribution in [0, 0.1) is 0 Å². The molecule has 0 aliphatic rings. The maximum absolute atomic E-state index is 5.73. The molecular formula is C17H22N2O2. The van der Waals surface area contributed by atoms with Gasteiger partial charge in [-0.3, -0.25) is 5.84 Å². The van der Waals surface area contributed by atoms with Crippen LogP contribution in [0.1, 0.15) is 24.9 Å². The molecule has 0 aliphatic heterocycles. The predicted octanol–water partition coefficient (Wildman–Crippen LogP) is 3.06. The molecule has 0 saturated carbocycles. The molecule has 112 valence electrons. The smallest absolute Gasteiger partial charge is 0.119 e. The number of hydrogen-bond donors (Lipinski definition) is 2. The van der Waals surface area contributed by atoms with Crippen molar-refractivity contribution in [2.24, 2.45) is 5.84 Å². The summed E-state index contributed by atoms with van der Waals surface area (Å²) in [5.41, 5.74) is 3.85. The van der Waals surface area contributed by atoms with Crippen molar-refractivity contribution in [3.05, 3.63) is 60.2 Å². The number of rotatable bonds is 8. The molecule has 2 rings (SSSR count). The first kappa shape index (κ1) is 15.4. The first-order valence-corrected chi connectivity index (χ1v) is 7.20. The third-order valence-electron chi connectivity index (χ3n) is 3.12. The maximum atomic E-state index is 5.73. The summed E-state index contributed by atoms with van der Waals surface area (Å²) in [5.74, 6) is 7.34. The summed E-state index contributed by atoms with van der Waals surface area (Å²) in [6.07, 6.45) is 1.000. The summed E-state index contributed by atoms with van der Waals surface area (Å²) in [7, 11) is 0. The number of benzene rings is 2. The van der Waals surface area contributed by atoms with E-state index in [-0.39, 0.29) is 6.04 Å². The Morgan fingerprint density at radius 2 is 1.62 bits per heavy atom. The molecule has 0 fully saturated rings. The molecule has 0 spiro atoms. The molecule has 4 nitrogen and oxygen atoms in total.